The molecule has 0 aliphatic carbocycles. The highest BCUT2D eigenvalue weighted by molar-refractivity contribution is 9.10. The zero-order chi connectivity index (χ0) is 14.3. The summed E-state index contributed by atoms with van der Waals surface area (Å²) in [5.41, 5.74) is 0.597. The lowest BCUT2D eigenvalue weighted by molar-refractivity contribution is 0.0395. The maximum atomic E-state index is 12.8. The Balaban J connectivity index is 1.84. The zero-order valence-corrected chi connectivity index (χ0v) is 13.8. The first kappa shape index (κ1) is 14.4. The molecule has 2 aliphatic heterocycles. The Labute approximate surface area is 133 Å². The van der Waals surface area contributed by atoms with Gasteiger partial charge in [0, 0.05) is 29.6 Å². The Morgan fingerprint density at radius 1 is 1.40 bits per heavy atom. The molecule has 5 heteroatoms. The number of benzene rings is 1. The number of carbonyl (C=O) groups excluding carboxylic acids is 1. The van der Waals surface area contributed by atoms with E-state index >= 15 is 0 Å². The van der Waals surface area contributed by atoms with E-state index < -0.39 is 0 Å². The SMILES string of the molecule is CC1CN2CCCC2CN1C(=O)c1cccc(Br)c1Cl. The largest absolute Gasteiger partial charge is 0.333 e. The lowest BCUT2D eigenvalue weighted by atomic mass is 10.1. The van der Waals surface area contributed by atoms with Crippen LogP contribution in [0.5, 0.6) is 0 Å². The second kappa shape index (κ2) is 5.66. The van der Waals surface area contributed by atoms with E-state index in [4.69, 9.17) is 11.6 Å². The predicted octanol–water partition coefficient (Wildman–Crippen LogP) is 3.41. The fourth-order valence-corrected chi connectivity index (χ4v) is 3.87. The zero-order valence-electron chi connectivity index (χ0n) is 11.5. The summed E-state index contributed by atoms with van der Waals surface area (Å²) in [6.45, 7) is 5.10. The monoisotopic (exact) mass is 356 g/mol. The minimum Gasteiger partial charge on any atom is -0.333 e. The fourth-order valence-electron chi connectivity index (χ4n) is 3.29. The molecule has 0 radical (unpaired) electrons. The first-order chi connectivity index (χ1) is 9.58. The summed E-state index contributed by atoms with van der Waals surface area (Å²) in [4.78, 5) is 17.3. The number of hydrogen-bond donors (Lipinski definition) is 0. The molecule has 0 spiro atoms. The molecule has 1 aromatic carbocycles. The lowest BCUT2D eigenvalue weighted by Gasteiger charge is -2.42. The van der Waals surface area contributed by atoms with Crippen molar-refractivity contribution in [2.75, 3.05) is 19.6 Å². The van der Waals surface area contributed by atoms with Crippen molar-refractivity contribution in [3.05, 3.63) is 33.3 Å². The van der Waals surface area contributed by atoms with Crippen LogP contribution in [0.4, 0.5) is 0 Å². The second-order valence-corrected chi connectivity index (χ2v) is 6.93. The van der Waals surface area contributed by atoms with Crippen LogP contribution in [0.25, 0.3) is 0 Å². The number of fused-ring (bicyclic) bond motifs is 1. The molecular formula is C15H18BrClN2O. The van der Waals surface area contributed by atoms with Crippen LogP contribution in [0.3, 0.4) is 0 Å². The number of hydrogen-bond acceptors (Lipinski definition) is 2. The molecule has 2 heterocycles. The molecule has 2 atom stereocenters. The first-order valence-electron chi connectivity index (χ1n) is 7.07. The average molecular weight is 358 g/mol. The maximum Gasteiger partial charge on any atom is 0.255 e. The summed E-state index contributed by atoms with van der Waals surface area (Å²) < 4.78 is 0.775. The quantitative estimate of drug-likeness (QED) is 0.769. The summed E-state index contributed by atoms with van der Waals surface area (Å²) in [6, 6.07) is 6.30. The van der Waals surface area contributed by atoms with Crippen LogP contribution >= 0.6 is 27.5 Å². The Hall–Kier alpha value is -0.580. The van der Waals surface area contributed by atoms with E-state index in [-0.39, 0.29) is 11.9 Å². The van der Waals surface area contributed by atoms with Gasteiger partial charge in [0.05, 0.1) is 10.6 Å². The molecule has 0 bridgehead atoms. The van der Waals surface area contributed by atoms with Crippen LogP contribution in [-0.2, 0) is 0 Å². The van der Waals surface area contributed by atoms with Crippen LogP contribution in [-0.4, -0.2) is 47.4 Å². The molecule has 3 rings (SSSR count). The fraction of sp³-hybridized carbons (Fsp3) is 0.533. The third-order valence-electron chi connectivity index (χ3n) is 4.38. The Bertz CT molecular complexity index is 537. The minimum atomic E-state index is 0.0513. The van der Waals surface area contributed by atoms with E-state index in [0.717, 1.165) is 17.6 Å². The van der Waals surface area contributed by atoms with E-state index in [1.807, 2.05) is 23.1 Å². The Morgan fingerprint density at radius 3 is 3.00 bits per heavy atom. The molecule has 108 valence electrons. The van der Waals surface area contributed by atoms with Crippen molar-refractivity contribution in [3.8, 4) is 0 Å². The molecule has 20 heavy (non-hydrogen) atoms. The molecule has 0 saturated carbocycles. The van der Waals surface area contributed by atoms with E-state index in [2.05, 4.69) is 27.8 Å². The van der Waals surface area contributed by atoms with Gasteiger partial charge in [0.15, 0.2) is 0 Å². The van der Waals surface area contributed by atoms with Gasteiger partial charge < -0.3 is 4.90 Å². The van der Waals surface area contributed by atoms with Gasteiger partial charge in [0.2, 0.25) is 0 Å². The number of amides is 1. The molecule has 2 fully saturated rings. The second-order valence-electron chi connectivity index (χ2n) is 5.70. The molecule has 3 nitrogen and oxygen atoms in total. The molecule has 1 aromatic rings. The summed E-state index contributed by atoms with van der Waals surface area (Å²) in [5, 5.41) is 0.513. The number of nitrogens with zero attached hydrogens (tertiary/aromatic N) is 2. The molecule has 0 N–H and O–H groups in total. The van der Waals surface area contributed by atoms with Crippen molar-refractivity contribution in [1.29, 1.82) is 0 Å². The van der Waals surface area contributed by atoms with Crippen LogP contribution in [0.15, 0.2) is 22.7 Å². The highest BCUT2D eigenvalue weighted by atomic mass is 79.9. The van der Waals surface area contributed by atoms with Crippen LogP contribution < -0.4 is 0 Å². The van der Waals surface area contributed by atoms with E-state index in [1.165, 1.54) is 19.4 Å². The summed E-state index contributed by atoms with van der Waals surface area (Å²) in [5.74, 6) is 0.0513. The van der Waals surface area contributed by atoms with Crippen molar-refractivity contribution >= 4 is 33.4 Å². The van der Waals surface area contributed by atoms with Gasteiger partial charge in [0.25, 0.3) is 5.91 Å². The van der Waals surface area contributed by atoms with Crippen LogP contribution in [0.1, 0.15) is 30.1 Å². The van der Waals surface area contributed by atoms with Gasteiger partial charge in [-0.15, -0.1) is 0 Å². The van der Waals surface area contributed by atoms with Gasteiger partial charge in [-0.3, -0.25) is 9.69 Å². The minimum absolute atomic E-state index is 0.0513. The van der Waals surface area contributed by atoms with Crippen molar-refractivity contribution in [1.82, 2.24) is 9.80 Å². The summed E-state index contributed by atoms with van der Waals surface area (Å²) in [6.07, 6.45) is 2.44. The predicted molar refractivity (Wildman–Crippen MR) is 84.2 cm³/mol. The van der Waals surface area contributed by atoms with Gasteiger partial charge in [-0.25, -0.2) is 0 Å². The Morgan fingerprint density at radius 2 is 2.20 bits per heavy atom. The van der Waals surface area contributed by atoms with Crippen molar-refractivity contribution in [3.63, 3.8) is 0 Å². The summed E-state index contributed by atoms with van der Waals surface area (Å²) in [7, 11) is 0. The van der Waals surface area contributed by atoms with Gasteiger partial charge >= 0.3 is 0 Å². The molecule has 2 aliphatic rings. The van der Waals surface area contributed by atoms with Crippen molar-refractivity contribution in [2.24, 2.45) is 0 Å². The van der Waals surface area contributed by atoms with Crippen molar-refractivity contribution in [2.45, 2.75) is 31.8 Å². The van der Waals surface area contributed by atoms with Gasteiger partial charge in [-0.1, -0.05) is 17.7 Å². The molecule has 2 saturated heterocycles. The van der Waals surface area contributed by atoms with Crippen LogP contribution in [0.2, 0.25) is 5.02 Å². The normalized spacial score (nSPS) is 26.6. The first-order valence-corrected chi connectivity index (χ1v) is 8.24. The lowest BCUT2D eigenvalue weighted by Crippen LogP contribution is -2.56. The maximum absolute atomic E-state index is 12.8. The third-order valence-corrected chi connectivity index (χ3v) is 5.68. The number of halogens is 2. The molecule has 1 amide bonds. The highest BCUT2D eigenvalue weighted by Crippen LogP contribution is 2.30. The molecular weight excluding hydrogens is 340 g/mol. The number of rotatable bonds is 1. The highest BCUT2D eigenvalue weighted by Gasteiger charge is 2.37. The van der Waals surface area contributed by atoms with E-state index in [1.54, 1.807) is 0 Å². The van der Waals surface area contributed by atoms with Crippen LogP contribution in [0, 0.1) is 0 Å². The summed E-state index contributed by atoms with van der Waals surface area (Å²) >= 11 is 9.65. The number of piperazine rings is 1. The Kier molecular flexibility index (Phi) is 4.07. The van der Waals surface area contributed by atoms with E-state index in [9.17, 15) is 4.79 Å². The average Bonchev–Trinajstić information content (AvgIpc) is 2.87. The topological polar surface area (TPSA) is 23.6 Å². The molecule has 2 unspecified atom stereocenters. The van der Waals surface area contributed by atoms with Crippen molar-refractivity contribution < 1.29 is 4.79 Å². The van der Waals surface area contributed by atoms with Gasteiger partial charge in [-0.05, 0) is 54.4 Å². The smallest absolute Gasteiger partial charge is 0.255 e. The van der Waals surface area contributed by atoms with Gasteiger partial charge in [-0.2, -0.15) is 0 Å². The van der Waals surface area contributed by atoms with E-state index in [0.29, 0.717) is 16.6 Å². The standard InChI is InChI=1S/C15H18BrClN2O/c1-10-8-18-7-3-4-11(18)9-19(10)15(20)12-5-2-6-13(16)14(12)17/h2,5-6,10-11H,3-4,7-9H2,1H3. The van der Waals surface area contributed by atoms with Gasteiger partial charge in [0.1, 0.15) is 0 Å². The molecule has 0 aromatic heterocycles. The number of carbonyl (C=O) groups is 1. The third kappa shape index (κ3) is 2.49.